The van der Waals surface area contributed by atoms with Gasteiger partial charge in [-0.05, 0) is 19.4 Å². The molecule has 5 nitrogen and oxygen atoms in total. The zero-order valence-corrected chi connectivity index (χ0v) is 12.4. The van der Waals surface area contributed by atoms with Gasteiger partial charge in [-0.15, -0.1) is 11.3 Å². The lowest BCUT2D eigenvalue weighted by Gasteiger charge is -2.15. The number of rotatable bonds is 2. The van der Waals surface area contributed by atoms with Crippen molar-refractivity contribution in [2.45, 2.75) is 19.4 Å². The van der Waals surface area contributed by atoms with E-state index in [9.17, 15) is 9.90 Å². The van der Waals surface area contributed by atoms with Crippen molar-refractivity contribution in [3.05, 3.63) is 28.3 Å². The molecule has 0 radical (unpaired) electrons. The highest BCUT2D eigenvalue weighted by Gasteiger charge is 2.27. The predicted octanol–water partition coefficient (Wildman–Crippen LogP) is 1.66. The van der Waals surface area contributed by atoms with Crippen molar-refractivity contribution in [2.75, 3.05) is 13.1 Å². The monoisotopic (exact) mass is 291 g/mol. The molecule has 0 saturated carbocycles. The van der Waals surface area contributed by atoms with E-state index in [1.54, 1.807) is 16.2 Å². The largest absolute Gasteiger partial charge is 0.391 e. The number of hydrogen-bond donors (Lipinski definition) is 1. The summed E-state index contributed by atoms with van der Waals surface area (Å²) in [5, 5.41) is 12.6. The quantitative estimate of drug-likeness (QED) is 0.915. The van der Waals surface area contributed by atoms with E-state index in [0.29, 0.717) is 25.2 Å². The molecule has 20 heavy (non-hydrogen) atoms. The molecule has 1 aliphatic heterocycles. The molecule has 0 bridgehead atoms. The van der Waals surface area contributed by atoms with Crippen LogP contribution in [0.4, 0.5) is 0 Å². The van der Waals surface area contributed by atoms with Crippen LogP contribution < -0.4 is 0 Å². The molecule has 106 valence electrons. The number of thiazole rings is 1. The predicted molar refractivity (Wildman–Crippen MR) is 77.8 cm³/mol. The summed E-state index contributed by atoms with van der Waals surface area (Å²) in [6.45, 7) is 3.01. The summed E-state index contributed by atoms with van der Waals surface area (Å²) < 4.78 is 1.83. The Morgan fingerprint density at radius 1 is 1.55 bits per heavy atom. The van der Waals surface area contributed by atoms with E-state index in [0.717, 1.165) is 16.3 Å². The lowest BCUT2D eigenvalue weighted by Crippen LogP contribution is -2.30. The second-order valence-electron chi connectivity index (χ2n) is 5.17. The molecule has 1 saturated heterocycles. The minimum Gasteiger partial charge on any atom is -0.391 e. The Balaban J connectivity index is 1.87. The first-order valence-corrected chi connectivity index (χ1v) is 7.49. The molecule has 2 aromatic rings. The van der Waals surface area contributed by atoms with Gasteiger partial charge in [-0.25, -0.2) is 4.98 Å². The number of aromatic nitrogens is 2. The van der Waals surface area contributed by atoms with E-state index in [-0.39, 0.29) is 12.0 Å². The SMILES string of the molecule is Cc1nc(-c2cc(C(=O)N3CCC(O)C3)n(C)c2)cs1. The fraction of sp³-hybridized carbons (Fsp3) is 0.429. The average Bonchev–Trinajstić information content (AvgIpc) is 3.09. The summed E-state index contributed by atoms with van der Waals surface area (Å²) in [7, 11) is 1.86. The Morgan fingerprint density at radius 3 is 2.95 bits per heavy atom. The summed E-state index contributed by atoms with van der Waals surface area (Å²) in [5.41, 5.74) is 2.50. The Kier molecular flexibility index (Phi) is 3.35. The number of aryl methyl sites for hydroxylation is 2. The van der Waals surface area contributed by atoms with Crippen molar-refractivity contribution in [3.8, 4) is 11.3 Å². The van der Waals surface area contributed by atoms with Gasteiger partial charge in [-0.1, -0.05) is 0 Å². The van der Waals surface area contributed by atoms with Crippen molar-refractivity contribution < 1.29 is 9.90 Å². The number of β-amino-alcohol motifs (C(OH)–C–C–N with tert-alkyl or cyclic N) is 1. The number of carbonyl (C=O) groups is 1. The lowest BCUT2D eigenvalue weighted by molar-refractivity contribution is 0.0755. The number of aliphatic hydroxyl groups is 1. The molecule has 0 aliphatic carbocycles. The molecular formula is C14H17N3O2S. The highest BCUT2D eigenvalue weighted by atomic mass is 32.1. The highest BCUT2D eigenvalue weighted by Crippen LogP contribution is 2.24. The van der Waals surface area contributed by atoms with Crippen LogP contribution in [0.1, 0.15) is 21.9 Å². The normalized spacial score (nSPS) is 18.8. The number of aliphatic hydroxyl groups excluding tert-OH is 1. The zero-order valence-electron chi connectivity index (χ0n) is 11.5. The molecule has 0 aromatic carbocycles. The molecule has 0 spiro atoms. The van der Waals surface area contributed by atoms with Crippen LogP contribution in [0.3, 0.4) is 0 Å². The molecule has 1 aliphatic rings. The molecule has 1 unspecified atom stereocenters. The number of likely N-dealkylation sites (tertiary alicyclic amines) is 1. The second-order valence-corrected chi connectivity index (χ2v) is 6.23. The molecule has 3 rings (SSSR count). The standard InChI is InChI=1S/C14H17N3O2S/c1-9-15-12(8-20-9)10-5-13(16(2)6-10)14(19)17-4-3-11(18)7-17/h5-6,8,11,18H,3-4,7H2,1-2H3. The molecular weight excluding hydrogens is 274 g/mol. The topological polar surface area (TPSA) is 58.4 Å². The Labute approximate surface area is 121 Å². The zero-order chi connectivity index (χ0) is 14.3. The third kappa shape index (κ3) is 2.36. The van der Waals surface area contributed by atoms with Gasteiger partial charge in [0.25, 0.3) is 5.91 Å². The summed E-state index contributed by atoms with van der Waals surface area (Å²) in [6, 6.07) is 1.88. The van der Waals surface area contributed by atoms with E-state index in [2.05, 4.69) is 4.98 Å². The van der Waals surface area contributed by atoms with Crippen LogP contribution in [0.15, 0.2) is 17.6 Å². The average molecular weight is 291 g/mol. The molecule has 3 heterocycles. The van der Waals surface area contributed by atoms with Crippen LogP contribution in [0.5, 0.6) is 0 Å². The number of amides is 1. The third-order valence-electron chi connectivity index (χ3n) is 3.59. The number of carbonyl (C=O) groups excluding carboxylic acids is 1. The molecule has 1 amide bonds. The summed E-state index contributed by atoms with van der Waals surface area (Å²) >= 11 is 1.60. The summed E-state index contributed by atoms with van der Waals surface area (Å²) in [5.74, 6) is -0.0257. The van der Waals surface area contributed by atoms with Crippen molar-refractivity contribution in [1.82, 2.24) is 14.5 Å². The first-order valence-electron chi connectivity index (χ1n) is 6.61. The van der Waals surface area contributed by atoms with Gasteiger partial charge < -0.3 is 14.6 Å². The first kappa shape index (κ1) is 13.3. The Hall–Kier alpha value is -1.66. The fourth-order valence-electron chi connectivity index (χ4n) is 2.50. The van der Waals surface area contributed by atoms with Crippen LogP contribution in [0.25, 0.3) is 11.3 Å². The minimum atomic E-state index is -0.389. The van der Waals surface area contributed by atoms with Crippen LogP contribution in [-0.2, 0) is 7.05 Å². The molecule has 1 atom stereocenters. The number of nitrogens with zero attached hydrogens (tertiary/aromatic N) is 3. The number of hydrogen-bond acceptors (Lipinski definition) is 4. The molecule has 6 heteroatoms. The van der Waals surface area contributed by atoms with Crippen molar-refractivity contribution in [1.29, 1.82) is 0 Å². The minimum absolute atomic E-state index is 0.0257. The molecule has 1 fully saturated rings. The highest BCUT2D eigenvalue weighted by molar-refractivity contribution is 7.09. The van der Waals surface area contributed by atoms with Gasteiger partial charge in [-0.2, -0.15) is 0 Å². The van der Waals surface area contributed by atoms with E-state index in [1.165, 1.54) is 0 Å². The van der Waals surface area contributed by atoms with Crippen LogP contribution in [0.2, 0.25) is 0 Å². The van der Waals surface area contributed by atoms with E-state index in [1.807, 2.05) is 36.2 Å². The van der Waals surface area contributed by atoms with Gasteiger partial charge >= 0.3 is 0 Å². The van der Waals surface area contributed by atoms with Crippen LogP contribution >= 0.6 is 11.3 Å². The Bertz CT molecular complexity index is 647. The van der Waals surface area contributed by atoms with Crippen LogP contribution in [0, 0.1) is 6.92 Å². The summed E-state index contributed by atoms with van der Waals surface area (Å²) in [4.78, 5) is 18.6. The van der Waals surface area contributed by atoms with E-state index >= 15 is 0 Å². The summed E-state index contributed by atoms with van der Waals surface area (Å²) in [6.07, 6.45) is 2.20. The third-order valence-corrected chi connectivity index (χ3v) is 4.36. The van der Waals surface area contributed by atoms with Crippen molar-refractivity contribution >= 4 is 17.2 Å². The maximum Gasteiger partial charge on any atom is 0.270 e. The van der Waals surface area contributed by atoms with E-state index < -0.39 is 0 Å². The second kappa shape index (κ2) is 5.03. The maximum atomic E-state index is 12.4. The Morgan fingerprint density at radius 2 is 2.35 bits per heavy atom. The fourth-order valence-corrected chi connectivity index (χ4v) is 3.12. The van der Waals surface area contributed by atoms with Gasteiger partial charge in [-0.3, -0.25) is 4.79 Å². The van der Waals surface area contributed by atoms with Crippen LogP contribution in [-0.4, -0.2) is 44.7 Å². The van der Waals surface area contributed by atoms with Gasteiger partial charge in [0.2, 0.25) is 0 Å². The van der Waals surface area contributed by atoms with Gasteiger partial charge in [0, 0.05) is 37.3 Å². The maximum absolute atomic E-state index is 12.4. The smallest absolute Gasteiger partial charge is 0.270 e. The first-order chi connectivity index (χ1) is 9.54. The van der Waals surface area contributed by atoms with E-state index in [4.69, 9.17) is 0 Å². The van der Waals surface area contributed by atoms with Crippen molar-refractivity contribution in [2.24, 2.45) is 7.05 Å². The van der Waals surface area contributed by atoms with Gasteiger partial charge in [0.1, 0.15) is 5.69 Å². The lowest BCUT2D eigenvalue weighted by atomic mass is 10.2. The van der Waals surface area contributed by atoms with Gasteiger partial charge in [0.05, 0.1) is 16.8 Å². The van der Waals surface area contributed by atoms with Gasteiger partial charge in [0.15, 0.2) is 0 Å². The van der Waals surface area contributed by atoms with Crippen molar-refractivity contribution in [3.63, 3.8) is 0 Å². The molecule has 2 aromatic heterocycles. The molecule has 1 N–H and O–H groups in total.